The van der Waals surface area contributed by atoms with Gasteiger partial charge in [-0.15, -0.1) is 0 Å². The van der Waals surface area contributed by atoms with Gasteiger partial charge in [0.2, 0.25) is 0 Å². The van der Waals surface area contributed by atoms with E-state index in [0.29, 0.717) is 10.9 Å². The van der Waals surface area contributed by atoms with Crippen molar-refractivity contribution >= 4 is 40.1 Å². The van der Waals surface area contributed by atoms with E-state index in [1.165, 1.54) is 6.07 Å². The Kier molecular flexibility index (Phi) is 6.26. The van der Waals surface area contributed by atoms with Gasteiger partial charge in [0.1, 0.15) is 5.15 Å². The lowest BCUT2D eigenvalue weighted by atomic mass is 10.0. The number of nitrogens with one attached hydrogen (secondary N) is 1. The number of anilines is 1. The van der Waals surface area contributed by atoms with Crippen LogP contribution >= 0.6 is 11.6 Å². The molecule has 3 aromatic rings. The number of carbonyl (C=O) groups is 2. The minimum absolute atomic E-state index is 0.194. The van der Waals surface area contributed by atoms with Gasteiger partial charge < -0.3 is 10.1 Å². The second-order valence-corrected chi connectivity index (χ2v) is 6.68. The number of carbonyl (C=O) groups excluding carboxylic acids is 2. The van der Waals surface area contributed by atoms with Gasteiger partial charge in [0.25, 0.3) is 5.91 Å². The van der Waals surface area contributed by atoms with Crippen molar-refractivity contribution in [2.45, 2.75) is 26.7 Å². The molecule has 0 saturated heterocycles. The SMILES string of the molecule is CCc1cccc(CC)c1NC(=O)COC(=O)c1cc(Cl)nc2ccccc12. The number of halogens is 1. The third-order valence-corrected chi connectivity index (χ3v) is 4.70. The highest BCUT2D eigenvalue weighted by Crippen LogP contribution is 2.23. The molecular formula is C22H21ClN2O3. The fourth-order valence-electron chi connectivity index (χ4n) is 3.10. The summed E-state index contributed by atoms with van der Waals surface area (Å²) in [6.45, 7) is 3.68. The van der Waals surface area contributed by atoms with E-state index in [4.69, 9.17) is 16.3 Å². The van der Waals surface area contributed by atoms with Crippen molar-refractivity contribution < 1.29 is 14.3 Å². The van der Waals surface area contributed by atoms with E-state index in [0.717, 1.165) is 29.7 Å². The first-order valence-corrected chi connectivity index (χ1v) is 9.54. The van der Waals surface area contributed by atoms with Crippen LogP contribution in [0.4, 0.5) is 5.69 Å². The average Bonchev–Trinajstić information content (AvgIpc) is 2.71. The third-order valence-electron chi connectivity index (χ3n) is 4.50. The van der Waals surface area contributed by atoms with E-state index in [1.54, 1.807) is 18.2 Å². The minimum atomic E-state index is -0.616. The molecule has 0 aliphatic rings. The molecule has 6 heteroatoms. The summed E-state index contributed by atoms with van der Waals surface area (Å²) in [6, 6.07) is 14.5. The van der Waals surface area contributed by atoms with Crippen LogP contribution in [-0.4, -0.2) is 23.5 Å². The maximum Gasteiger partial charge on any atom is 0.339 e. The third kappa shape index (κ3) is 4.31. The molecule has 1 aromatic heterocycles. The van der Waals surface area contributed by atoms with E-state index in [2.05, 4.69) is 10.3 Å². The number of esters is 1. The van der Waals surface area contributed by atoms with Gasteiger partial charge in [-0.2, -0.15) is 0 Å². The summed E-state index contributed by atoms with van der Waals surface area (Å²) >= 11 is 6.01. The standard InChI is InChI=1S/C22H21ClN2O3/c1-3-14-8-7-9-15(4-2)21(14)25-20(26)13-28-22(27)17-12-19(23)24-18-11-6-5-10-16(17)18/h5-12H,3-4,13H2,1-2H3,(H,25,26). The molecule has 0 radical (unpaired) electrons. The van der Waals surface area contributed by atoms with Crippen molar-refractivity contribution in [2.24, 2.45) is 0 Å². The van der Waals surface area contributed by atoms with Gasteiger partial charge in [-0.05, 0) is 36.1 Å². The average molecular weight is 397 g/mol. The van der Waals surface area contributed by atoms with Crippen molar-refractivity contribution in [1.82, 2.24) is 4.98 Å². The lowest BCUT2D eigenvalue weighted by Gasteiger charge is -2.14. The summed E-state index contributed by atoms with van der Waals surface area (Å²) in [7, 11) is 0. The summed E-state index contributed by atoms with van der Waals surface area (Å²) < 4.78 is 5.23. The van der Waals surface area contributed by atoms with Crippen molar-refractivity contribution in [1.29, 1.82) is 0 Å². The van der Waals surface area contributed by atoms with Crippen molar-refractivity contribution in [3.63, 3.8) is 0 Å². The Morgan fingerprint density at radius 2 is 1.71 bits per heavy atom. The summed E-state index contributed by atoms with van der Waals surface area (Å²) in [5.74, 6) is -0.997. The van der Waals surface area contributed by atoms with Gasteiger partial charge in [0.15, 0.2) is 6.61 Å². The molecule has 1 N–H and O–H groups in total. The second kappa shape index (κ2) is 8.85. The van der Waals surface area contributed by atoms with Gasteiger partial charge in [0.05, 0.1) is 11.1 Å². The fourth-order valence-corrected chi connectivity index (χ4v) is 3.30. The Morgan fingerprint density at radius 3 is 2.39 bits per heavy atom. The number of amides is 1. The number of aryl methyl sites for hydroxylation is 2. The number of aromatic nitrogens is 1. The van der Waals surface area contributed by atoms with Crippen LogP contribution in [0.1, 0.15) is 35.3 Å². The van der Waals surface area contributed by atoms with E-state index in [-0.39, 0.29) is 23.2 Å². The number of hydrogen-bond donors (Lipinski definition) is 1. The van der Waals surface area contributed by atoms with Crippen LogP contribution < -0.4 is 5.32 Å². The van der Waals surface area contributed by atoms with Gasteiger partial charge in [0, 0.05) is 11.1 Å². The summed E-state index contributed by atoms with van der Waals surface area (Å²) in [6.07, 6.45) is 1.59. The molecule has 0 fully saturated rings. The monoisotopic (exact) mass is 396 g/mol. The predicted octanol–water partition coefficient (Wildman–Crippen LogP) is 4.81. The van der Waals surface area contributed by atoms with Crippen LogP contribution in [0.15, 0.2) is 48.5 Å². The first-order chi connectivity index (χ1) is 13.5. The van der Waals surface area contributed by atoms with Gasteiger partial charge in [-0.25, -0.2) is 9.78 Å². The molecule has 28 heavy (non-hydrogen) atoms. The van der Waals surface area contributed by atoms with Gasteiger partial charge >= 0.3 is 5.97 Å². The lowest BCUT2D eigenvalue weighted by Crippen LogP contribution is -2.22. The molecular weight excluding hydrogens is 376 g/mol. The molecule has 0 unspecified atom stereocenters. The van der Waals surface area contributed by atoms with Crippen LogP contribution in [0.3, 0.4) is 0 Å². The molecule has 0 aliphatic carbocycles. The smallest absolute Gasteiger partial charge is 0.339 e. The molecule has 0 saturated carbocycles. The number of pyridine rings is 1. The van der Waals surface area contributed by atoms with E-state index >= 15 is 0 Å². The number of nitrogens with zero attached hydrogens (tertiary/aromatic N) is 1. The molecule has 0 aliphatic heterocycles. The zero-order valence-electron chi connectivity index (χ0n) is 15.8. The minimum Gasteiger partial charge on any atom is -0.452 e. The Labute approximate surface area is 168 Å². The topological polar surface area (TPSA) is 68.3 Å². The van der Waals surface area contributed by atoms with Crippen molar-refractivity contribution in [2.75, 3.05) is 11.9 Å². The first-order valence-electron chi connectivity index (χ1n) is 9.16. The van der Waals surface area contributed by atoms with Crippen LogP contribution in [0.2, 0.25) is 5.15 Å². The van der Waals surface area contributed by atoms with Crippen LogP contribution in [0, 0.1) is 0 Å². The van der Waals surface area contributed by atoms with E-state index in [9.17, 15) is 9.59 Å². The number of benzene rings is 2. The van der Waals surface area contributed by atoms with Crippen LogP contribution in [-0.2, 0) is 22.4 Å². The van der Waals surface area contributed by atoms with E-state index in [1.807, 2.05) is 38.1 Å². The van der Waals surface area contributed by atoms with Crippen molar-refractivity contribution in [3.05, 3.63) is 70.4 Å². The highest BCUT2D eigenvalue weighted by Gasteiger charge is 2.16. The molecule has 3 rings (SSSR count). The lowest BCUT2D eigenvalue weighted by molar-refractivity contribution is -0.119. The number of rotatable bonds is 6. The number of fused-ring (bicyclic) bond motifs is 1. The fraction of sp³-hybridized carbons (Fsp3) is 0.227. The Hall–Kier alpha value is -2.92. The molecule has 0 bridgehead atoms. The first kappa shape index (κ1) is 19.8. The zero-order valence-corrected chi connectivity index (χ0v) is 16.5. The molecule has 0 spiro atoms. The molecule has 5 nitrogen and oxygen atoms in total. The predicted molar refractivity (Wildman–Crippen MR) is 111 cm³/mol. The highest BCUT2D eigenvalue weighted by atomic mass is 35.5. The molecule has 1 heterocycles. The Morgan fingerprint density at radius 1 is 1.04 bits per heavy atom. The van der Waals surface area contributed by atoms with Crippen molar-refractivity contribution in [3.8, 4) is 0 Å². The second-order valence-electron chi connectivity index (χ2n) is 6.29. The largest absolute Gasteiger partial charge is 0.452 e. The highest BCUT2D eigenvalue weighted by molar-refractivity contribution is 6.30. The normalized spacial score (nSPS) is 10.7. The molecule has 0 atom stereocenters. The van der Waals surface area contributed by atoms with Gasteiger partial charge in [-0.3, -0.25) is 4.79 Å². The van der Waals surface area contributed by atoms with Crippen LogP contribution in [0.25, 0.3) is 10.9 Å². The number of ether oxygens (including phenoxy) is 1. The quantitative estimate of drug-likeness (QED) is 0.479. The van der Waals surface area contributed by atoms with Gasteiger partial charge in [-0.1, -0.05) is 61.8 Å². The number of para-hydroxylation sites is 2. The Bertz CT molecular complexity index is 1010. The van der Waals surface area contributed by atoms with E-state index < -0.39 is 5.97 Å². The maximum absolute atomic E-state index is 12.5. The van der Waals surface area contributed by atoms with Crippen LogP contribution in [0.5, 0.6) is 0 Å². The molecule has 1 amide bonds. The molecule has 2 aromatic carbocycles. The number of hydrogen-bond acceptors (Lipinski definition) is 4. The zero-order chi connectivity index (χ0) is 20.1. The summed E-state index contributed by atoms with van der Waals surface area (Å²) in [4.78, 5) is 29.1. The Balaban J connectivity index is 1.73. The summed E-state index contributed by atoms with van der Waals surface area (Å²) in [5, 5.41) is 3.70. The summed E-state index contributed by atoms with van der Waals surface area (Å²) in [5.41, 5.74) is 3.77. The maximum atomic E-state index is 12.5. The molecule has 144 valence electrons.